The molecule has 2 N–H and O–H groups in total. The van der Waals surface area contributed by atoms with Crippen molar-refractivity contribution in [2.45, 2.75) is 56.7 Å². The second-order valence-corrected chi connectivity index (χ2v) is 6.90. The Bertz CT molecular complexity index is 257. The van der Waals surface area contributed by atoms with Crippen LogP contribution < -0.4 is 10.6 Å². The first-order valence-corrected chi connectivity index (χ1v) is 7.72. The van der Waals surface area contributed by atoms with Gasteiger partial charge in [-0.05, 0) is 39.4 Å². The van der Waals surface area contributed by atoms with Crippen molar-refractivity contribution in [3.8, 4) is 0 Å². The van der Waals surface area contributed by atoms with Gasteiger partial charge in [0.15, 0.2) is 0 Å². The van der Waals surface area contributed by atoms with Gasteiger partial charge in [0.1, 0.15) is 0 Å². The first-order valence-electron chi connectivity index (χ1n) is 6.50. The Kier molecular flexibility index (Phi) is 5.32. The second kappa shape index (κ2) is 6.10. The highest BCUT2D eigenvalue weighted by Gasteiger charge is 2.35. The SMILES string of the molecule is CCC(C)(C)NC(=O)CNCC1(SC)CCC1. The van der Waals surface area contributed by atoms with Crippen LogP contribution in [0.3, 0.4) is 0 Å². The summed E-state index contributed by atoms with van der Waals surface area (Å²) in [6.45, 7) is 7.59. The molecule has 1 fully saturated rings. The van der Waals surface area contributed by atoms with Crippen LogP contribution in [-0.2, 0) is 4.79 Å². The van der Waals surface area contributed by atoms with Crippen molar-refractivity contribution >= 4 is 17.7 Å². The number of rotatable bonds is 7. The molecule has 1 saturated carbocycles. The molecule has 0 aromatic carbocycles. The largest absolute Gasteiger partial charge is 0.350 e. The van der Waals surface area contributed by atoms with Crippen LogP contribution in [-0.4, -0.2) is 35.5 Å². The van der Waals surface area contributed by atoms with E-state index in [1.807, 2.05) is 11.8 Å². The molecule has 100 valence electrons. The molecular weight excluding hydrogens is 232 g/mol. The summed E-state index contributed by atoms with van der Waals surface area (Å²) in [5.41, 5.74) is -0.0908. The molecule has 0 aromatic rings. The van der Waals surface area contributed by atoms with E-state index in [-0.39, 0.29) is 11.4 Å². The van der Waals surface area contributed by atoms with Gasteiger partial charge in [-0.1, -0.05) is 13.3 Å². The van der Waals surface area contributed by atoms with Crippen molar-refractivity contribution in [1.29, 1.82) is 0 Å². The van der Waals surface area contributed by atoms with Crippen molar-refractivity contribution in [2.24, 2.45) is 0 Å². The van der Waals surface area contributed by atoms with Gasteiger partial charge in [0.25, 0.3) is 0 Å². The zero-order chi connectivity index (χ0) is 12.9. The summed E-state index contributed by atoms with van der Waals surface area (Å²) in [5, 5.41) is 6.33. The Morgan fingerprint density at radius 1 is 1.41 bits per heavy atom. The molecule has 17 heavy (non-hydrogen) atoms. The standard InChI is InChI=1S/C13H26N2OS/c1-5-12(2,3)15-11(16)9-14-10-13(17-4)7-6-8-13/h14H,5-10H2,1-4H3,(H,15,16). The third-order valence-corrected chi connectivity index (χ3v) is 5.21. The fourth-order valence-corrected chi connectivity index (χ4v) is 2.88. The Balaban J connectivity index is 2.20. The Morgan fingerprint density at radius 3 is 2.47 bits per heavy atom. The van der Waals surface area contributed by atoms with Gasteiger partial charge in [0, 0.05) is 16.8 Å². The highest BCUT2D eigenvalue weighted by molar-refractivity contribution is 8.00. The molecule has 0 bridgehead atoms. The zero-order valence-electron chi connectivity index (χ0n) is 11.6. The molecule has 0 aliphatic heterocycles. The van der Waals surface area contributed by atoms with Crippen LogP contribution in [0, 0.1) is 0 Å². The van der Waals surface area contributed by atoms with E-state index in [1.54, 1.807) is 0 Å². The molecule has 0 heterocycles. The van der Waals surface area contributed by atoms with Crippen LogP contribution in [0.2, 0.25) is 0 Å². The number of carbonyl (C=O) groups is 1. The van der Waals surface area contributed by atoms with E-state index in [4.69, 9.17) is 0 Å². The molecule has 1 aliphatic carbocycles. The minimum atomic E-state index is -0.0908. The topological polar surface area (TPSA) is 41.1 Å². The van der Waals surface area contributed by atoms with Gasteiger partial charge >= 0.3 is 0 Å². The van der Waals surface area contributed by atoms with Crippen molar-refractivity contribution in [3.63, 3.8) is 0 Å². The van der Waals surface area contributed by atoms with Gasteiger partial charge in [-0.25, -0.2) is 0 Å². The summed E-state index contributed by atoms with van der Waals surface area (Å²) in [5.74, 6) is 0.104. The normalized spacial score (nSPS) is 18.6. The van der Waals surface area contributed by atoms with E-state index in [2.05, 4.69) is 37.7 Å². The van der Waals surface area contributed by atoms with Gasteiger partial charge in [0.05, 0.1) is 6.54 Å². The molecule has 0 radical (unpaired) electrons. The van der Waals surface area contributed by atoms with Crippen molar-refractivity contribution in [2.75, 3.05) is 19.3 Å². The number of carbonyl (C=O) groups excluding carboxylic acids is 1. The molecule has 0 aromatic heterocycles. The highest BCUT2D eigenvalue weighted by Crippen LogP contribution is 2.41. The fourth-order valence-electron chi connectivity index (χ4n) is 1.94. The first-order chi connectivity index (χ1) is 7.93. The van der Waals surface area contributed by atoms with Crippen LogP contribution in [0.15, 0.2) is 0 Å². The monoisotopic (exact) mass is 258 g/mol. The lowest BCUT2D eigenvalue weighted by molar-refractivity contribution is -0.121. The lowest BCUT2D eigenvalue weighted by atomic mass is 9.84. The molecular formula is C13H26N2OS. The predicted molar refractivity (Wildman–Crippen MR) is 75.5 cm³/mol. The lowest BCUT2D eigenvalue weighted by Crippen LogP contribution is -2.49. The van der Waals surface area contributed by atoms with E-state index < -0.39 is 0 Å². The van der Waals surface area contributed by atoms with Gasteiger partial charge < -0.3 is 10.6 Å². The van der Waals surface area contributed by atoms with E-state index in [0.29, 0.717) is 11.3 Å². The Morgan fingerprint density at radius 2 is 2.06 bits per heavy atom. The lowest BCUT2D eigenvalue weighted by Gasteiger charge is -2.40. The minimum absolute atomic E-state index is 0.0908. The van der Waals surface area contributed by atoms with Gasteiger partial charge in [-0.3, -0.25) is 4.79 Å². The molecule has 4 heteroatoms. The average Bonchev–Trinajstić information content (AvgIpc) is 2.21. The molecule has 0 spiro atoms. The number of hydrogen-bond acceptors (Lipinski definition) is 3. The Labute approximate surface area is 109 Å². The maximum atomic E-state index is 11.7. The molecule has 3 nitrogen and oxygen atoms in total. The van der Waals surface area contributed by atoms with Crippen LogP contribution in [0.4, 0.5) is 0 Å². The third kappa shape index (κ3) is 4.51. The predicted octanol–water partition coefficient (Wildman–Crippen LogP) is 2.17. The van der Waals surface area contributed by atoms with Crippen molar-refractivity contribution in [3.05, 3.63) is 0 Å². The van der Waals surface area contributed by atoms with Crippen LogP contribution in [0.5, 0.6) is 0 Å². The van der Waals surface area contributed by atoms with Crippen molar-refractivity contribution < 1.29 is 4.79 Å². The summed E-state index contributed by atoms with van der Waals surface area (Å²) in [7, 11) is 0. The smallest absolute Gasteiger partial charge is 0.234 e. The van der Waals surface area contributed by atoms with Crippen LogP contribution in [0.1, 0.15) is 46.5 Å². The number of thioether (sulfide) groups is 1. The summed E-state index contributed by atoms with van der Waals surface area (Å²) < 4.78 is 0.403. The molecule has 1 rings (SSSR count). The quantitative estimate of drug-likeness (QED) is 0.735. The summed E-state index contributed by atoms with van der Waals surface area (Å²) in [4.78, 5) is 11.7. The van der Waals surface area contributed by atoms with E-state index in [0.717, 1.165) is 13.0 Å². The molecule has 1 amide bonds. The second-order valence-electron chi connectivity index (χ2n) is 5.63. The number of hydrogen-bond donors (Lipinski definition) is 2. The first kappa shape index (κ1) is 14.8. The average molecular weight is 258 g/mol. The summed E-state index contributed by atoms with van der Waals surface area (Å²) in [6, 6.07) is 0. The number of nitrogens with one attached hydrogen (secondary N) is 2. The highest BCUT2D eigenvalue weighted by atomic mass is 32.2. The molecule has 0 atom stereocenters. The van der Waals surface area contributed by atoms with Gasteiger partial charge in [0.2, 0.25) is 5.91 Å². The number of amides is 1. The van der Waals surface area contributed by atoms with Crippen LogP contribution in [0.25, 0.3) is 0 Å². The van der Waals surface area contributed by atoms with E-state index in [9.17, 15) is 4.79 Å². The van der Waals surface area contributed by atoms with Gasteiger partial charge in [-0.2, -0.15) is 11.8 Å². The zero-order valence-corrected chi connectivity index (χ0v) is 12.4. The van der Waals surface area contributed by atoms with E-state index >= 15 is 0 Å². The molecule has 1 aliphatic rings. The minimum Gasteiger partial charge on any atom is -0.350 e. The molecule has 0 unspecified atom stereocenters. The van der Waals surface area contributed by atoms with Gasteiger partial charge in [-0.15, -0.1) is 0 Å². The molecule has 0 saturated heterocycles. The maximum Gasteiger partial charge on any atom is 0.234 e. The summed E-state index contributed by atoms with van der Waals surface area (Å²) in [6.07, 6.45) is 7.01. The third-order valence-electron chi connectivity index (χ3n) is 3.79. The van der Waals surface area contributed by atoms with E-state index in [1.165, 1.54) is 19.3 Å². The van der Waals surface area contributed by atoms with Crippen molar-refractivity contribution in [1.82, 2.24) is 10.6 Å². The summed E-state index contributed by atoms with van der Waals surface area (Å²) >= 11 is 1.93. The Hall–Kier alpha value is -0.220. The maximum absolute atomic E-state index is 11.7. The van der Waals surface area contributed by atoms with Crippen LogP contribution >= 0.6 is 11.8 Å². The fraction of sp³-hybridized carbons (Fsp3) is 0.923.